The van der Waals surface area contributed by atoms with Crippen LogP contribution >= 0.6 is 0 Å². The van der Waals surface area contributed by atoms with E-state index in [1.807, 2.05) is 0 Å². The zero-order valence-corrected chi connectivity index (χ0v) is 11.9. The maximum atomic E-state index is 12.2. The van der Waals surface area contributed by atoms with Gasteiger partial charge in [-0.3, -0.25) is 15.1 Å². The van der Waals surface area contributed by atoms with Crippen molar-refractivity contribution in [3.8, 4) is 0 Å². The van der Waals surface area contributed by atoms with E-state index in [1.165, 1.54) is 0 Å². The van der Waals surface area contributed by atoms with Crippen LogP contribution in [0.5, 0.6) is 0 Å². The Morgan fingerprint density at radius 1 is 1.39 bits per heavy atom. The number of hydrogen-bond donors (Lipinski definition) is 2. The first-order valence-corrected chi connectivity index (χ1v) is 7.07. The van der Waals surface area contributed by atoms with Gasteiger partial charge in [0.25, 0.3) is 5.91 Å². The number of carbonyl (C=O) groups is 1. The van der Waals surface area contributed by atoms with Gasteiger partial charge >= 0.3 is 0 Å². The number of nitrogens with one attached hydrogen (secondary N) is 2. The van der Waals surface area contributed by atoms with E-state index in [-0.39, 0.29) is 11.4 Å². The molecule has 0 radical (unpaired) electrons. The van der Waals surface area contributed by atoms with E-state index >= 15 is 0 Å². The second kappa shape index (κ2) is 4.90. The van der Waals surface area contributed by atoms with E-state index in [4.69, 9.17) is 0 Å². The van der Waals surface area contributed by atoms with Gasteiger partial charge in [-0.1, -0.05) is 27.7 Å². The second-order valence-electron chi connectivity index (χ2n) is 6.44. The minimum absolute atomic E-state index is 0.115. The van der Waals surface area contributed by atoms with Crippen LogP contribution in [-0.4, -0.2) is 24.0 Å². The van der Waals surface area contributed by atoms with Gasteiger partial charge in [0.2, 0.25) is 0 Å². The normalized spacial score (nSPS) is 38.3. The highest BCUT2D eigenvalue weighted by Gasteiger charge is 2.48. The molecule has 2 N–H and O–H groups in total. The number of guanidine groups is 1. The van der Waals surface area contributed by atoms with Gasteiger partial charge in [-0.2, -0.15) is 0 Å². The number of aliphatic imine (C=N–C) groups is 1. The van der Waals surface area contributed by atoms with Gasteiger partial charge in [0, 0.05) is 6.54 Å². The Labute approximate surface area is 110 Å². The molecule has 4 heteroatoms. The molecule has 0 aromatic carbocycles. The lowest BCUT2D eigenvalue weighted by Gasteiger charge is -2.38. The Morgan fingerprint density at radius 2 is 2.11 bits per heavy atom. The van der Waals surface area contributed by atoms with Gasteiger partial charge in [-0.15, -0.1) is 0 Å². The number of nitrogens with zero attached hydrogens (tertiary/aromatic N) is 1. The lowest BCUT2D eigenvalue weighted by molar-refractivity contribution is -0.126. The van der Waals surface area contributed by atoms with Crippen molar-refractivity contribution in [3.63, 3.8) is 0 Å². The fraction of sp³-hybridized carbons (Fsp3) is 0.857. The minimum atomic E-state index is -0.387. The summed E-state index contributed by atoms with van der Waals surface area (Å²) in [7, 11) is 0. The summed E-state index contributed by atoms with van der Waals surface area (Å²) in [6.45, 7) is 9.52. The summed E-state index contributed by atoms with van der Waals surface area (Å²) in [4.78, 5) is 16.6. The first-order valence-electron chi connectivity index (χ1n) is 7.07. The molecule has 1 saturated heterocycles. The molecule has 1 aliphatic carbocycles. The van der Waals surface area contributed by atoms with E-state index in [9.17, 15) is 4.79 Å². The van der Waals surface area contributed by atoms with Crippen LogP contribution in [0, 0.1) is 17.8 Å². The lowest BCUT2D eigenvalue weighted by Crippen LogP contribution is -2.51. The largest absolute Gasteiger partial charge is 0.342 e. The van der Waals surface area contributed by atoms with Crippen LogP contribution in [0.4, 0.5) is 0 Å². The fourth-order valence-corrected chi connectivity index (χ4v) is 2.83. The summed E-state index contributed by atoms with van der Waals surface area (Å²) >= 11 is 0. The number of hydrogen-bond acceptors (Lipinski definition) is 2. The van der Waals surface area contributed by atoms with E-state index in [0.717, 1.165) is 25.8 Å². The molecule has 0 aromatic heterocycles. The predicted molar refractivity (Wildman–Crippen MR) is 73.3 cm³/mol. The third kappa shape index (κ3) is 2.52. The second-order valence-corrected chi connectivity index (χ2v) is 6.44. The SMILES string of the molecule is CC(C)CN=C1NC(=O)C2(CCC(C)C(C)C2)N1. The highest BCUT2D eigenvalue weighted by molar-refractivity contribution is 6.09. The summed E-state index contributed by atoms with van der Waals surface area (Å²) in [6.07, 6.45) is 2.95. The molecule has 0 aromatic rings. The van der Waals surface area contributed by atoms with Crippen molar-refractivity contribution in [2.45, 2.75) is 52.5 Å². The van der Waals surface area contributed by atoms with Crippen molar-refractivity contribution in [3.05, 3.63) is 0 Å². The molecule has 1 saturated carbocycles. The quantitative estimate of drug-likeness (QED) is 0.787. The van der Waals surface area contributed by atoms with Crippen LogP contribution in [-0.2, 0) is 4.79 Å². The standard InChI is InChI=1S/C14H25N3O/c1-9(2)8-15-13-16-12(18)14(17-13)6-5-10(3)11(4)7-14/h9-11H,5-8H2,1-4H3,(H2,15,16,17,18). The molecule has 0 bridgehead atoms. The summed E-state index contributed by atoms with van der Waals surface area (Å²) in [5.41, 5.74) is -0.387. The molecule has 2 fully saturated rings. The van der Waals surface area contributed by atoms with Crippen molar-refractivity contribution in [2.24, 2.45) is 22.7 Å². The maximum Gasteiger partial charge on any atom is 0.252 e. The Balaban J connectivity index is 2.07. The Kier molecular flexibility index (Phi) is 3.64. The highest BCUT2D eigenvalue weighted by Crippen LogP contribution is 2.37. The Morgan fingerprint density at radius 3 is 2.72 bits per heavy atom. The zero-order valence-electron chi connectivity index (χ0n) is 11.9. The smallest absolute Gasteiger partial charge is 0.252 e. The molecular formula is C14H25N3O. The van der Waals surface area contributed by atoms with Crippen LogP contribution < -0.4 is 10.6 Å². The monoisotopic (exact) mass is 251 g/mol. The van der Waals surface area contributed by atoms with E-state index in [0.29, 0.717) is 23.7 Å². The van der Waals surface area contributed by atoms with E-state index in [1.54, 1.807) is 0 Å². The molecule has 1 aliphatic heterocycles. The molecule has 3 unspecified atom stereocenters. The van der Waals surface area contributed by atoms with Gasteiger partial charge < -0.3 is 5.32 Å². The van der Waals surface area contributed by atoms with Crippen molar-refractivity contribution >= 4 is 11.9 Å². The predicted octanol–water partition coefficient (Wildman–Crippen LogP) is 1.91. The van der Waals surface area contributed by atoms with E-state index < -0.39 is 0 Å². The van der Waals surface area contributed by atoms with Crippen LogP contribution in [0.2, 0.25) is 0 Å². The van der Waals surface area contributed by atoms with Crippen LogP contribution in [0.25, 0.3) is 0 Å². The summed E-state index contributed by atoms with van der Waals surface area (Å²) in [5.74, 6) is 2.60. The van der Waals surface area contributed by atoms with Crippen molar-refractivity contribution < 1.29 is 4.79 Å². The van der Waals surface area contributed by atoms with Crippen LogP contribution in [0.3, 0.4) is 0 Å². The van der Waals surface area contributed by atoms with E-state index in [2.05, 4.69) is 43.3 Å². The molecule has 2 rings (SSSR count). The van der Waals surface area contributed by atoms with Gasteiger partial charge in [0.05, 0.1) is 0 Å². The van der Waals surface area contributed by atoms with Crippen molar-refractivity contribution in [1.29, 1.82) is 0 Å². The van der Waals surface area contributed by atoms with Crippen molar-refractivity contribution in [2.75, 3.05) is 6.54 Å². The summed E-state index contributed by atoms with van der Waals surface area (Å²) < 4.78 is 0. The molecule has 3 atom stereocenters. The molecule has 1 heterocycles. The Bertz CT molecular complexity index is 364. The third-order valence-corrected chi connectivity index (χ3v) is 4.31. The van der Waals surface area contributed by atoms with Gasteiger partial charge in [-0.05, 0) is 37.0 Å². The molecule has 18 heavy (non-hydrogen) atoms. The molecule has 1 spiro atoms. The molecule has 2 aliphatic rings. The molecule has 102 valence electrons. The topological polar surface area (TPSA) is 53.5 Å². The molecule has 4 nitrogen and oxygen atoms in total. The first-order chi connectivity index (χ1) is 8.43. The number of amides is 1. The molecule has 1 amide bonds. The average Bonchev–Trinajstić information content (AvgIpc) is 2.59. The Hall–Kier alpha value is -1.06. The number of carbonyl (C=O) groups excluding carboxylic acids is 1. The van der Waals surface area contributed by atoms with Crippen LogP contribution in [0.1, 0.15) is 47.0 Å². The maximum absolute atomic E-state index is 12.2. The zero-order chi connectivity index (χ0) is 13.3. The van der Waals surface area contributed by atoms with Crippen molar-refractivity contribution in [1.82, 2.24) is 10.6 Å². The highest BCUT2D eigenvalue weighted by atomic mass is 16.2. The summed E-state index contributed by atoms with van der Waals surface area (Å²) in [5, 5.41) is 6.26. The third-order valence-electron chi connectivity index (χ3n) is 4.31. The minimum Gasteiger partial charge on any atom is -0.342 e. The fourth-order valence-electron chi connectivity index (χ4n) is 2.83. The lowest BCUT2D eigenvalue weighted by atomic mass is 9.71. The first kappa shape index (κ1) is 13.4. The van der Waals surface area contributed by atoms with Gasteiger partial charge in [0.1, 0.15) is 5.54 Å². The molecular weight excluding hydrogens is 226 g/mol. The van der Waals surface area contributed by atoms with Crippen LogP contribution in [0.15, 0.2) is 4.99 Å². The number of rotatable bonds is 2. The average molecular weight is 251 g/mol. The van der Waals surface area contributed by atoms with Gasteiger partial charge in [-0.25, -0.2) is 0 Å². The van der Waals surface area contributed by atoms with Gasteiger partial charge in [0.15, 0.2) is 5.96 Å². The summed E-state index contributed by atoms with van der Waals surface area (Å²) in [6, 6.07) is 0.